The minimum atomic E-state index is -0.300. The number of rotatable bonds is 3. The van der Waals surface area contributed by atoms with Gasteiger partial charge in [-0.1, -0.05) is 5.16 Å². The molecule has 0 saturated carbocycles. The molecule has 18 heavy (non-hydrogen) atoms. The molecule has 2 rings (SSSR count). The first kappa shape index (κ1) is 12.1. The Morgan fingerprint density at radius 2 is 2.28 bits per heavy atom. The van der Waals surface area contributed by atoms with Crippen molar-refractivity contribution in [1.29, 1.82) is 0 Å². The number of H-pyrrole nitrogens is 1. The van der Waals surface area contributed by atoms with Crippen molar-refractivity contribution in [2.24, 2.45) is 0 Å². The van der Waals surface area contributed by atoms with E-state index in [1.165, 1.54) is 17.2 Å². The molecule has 2 aromatic heterocycles. The van der Waals surface area contributed by atoms with Crippen LogP contribution in [0.4, 0.5) is 0 Å². The van der Waals surface area contributed by atoms with Gasteiger partial charge in [-0.25, -0.2) is 0 Å². The van der Waals surface area contributed by atoms with Gasteiger partial charge in [0.05, 0.1) is 6.54 Å². The molecule has 0 aliphatic carbocycles. The number of amides is 1. The van der Waals surface area contributed by atoms with Crippen LogP contribution in [0.15, 0.2) is 33.7 Å². The molecule has 1 N–H and O–H groups in total. The van der Waals surface area contributed by atoms with Crippen LogP contribution in [0.25, 0.3) is 0 Å². The minimum absolute atomic E-state index is 0.234. The third-order valence-corrected chi connectivity index (χ3v) is 2.44. The van der Waals surface area contributed by atoms with Gasteiger partial charge in [0.2, 0.25) is 5.56 Å². The molecular formula is C12H13N3O3. The second-order valence-electron chi connectivity index (χ2n) is 4.03. The molecule has 2 heterocycles. The summed E-state index contributed by atoms with van der Waals surface area (Å²) >= 11 is 0. The Hall–Kier alpha value is -2.37. The maximum atomic E-state index is 12.0. The molecule has 0 aliphatic rings. The van der Waals surface area contributed by atoms with E-state index in [-0.39, 0.29) is 11.5 Å². The lowest BCUT2D eigenvalue weighted by Crippen LogP contribution is -2.27. The van der Waals surface area contributed by atoms with Crippen LogP contribution in [0.3, 0.4) is 0 Å². The average Bonchev–Trinajstić information content (AvgIpc) is 2.73. The van der Waals surface area contributed by atoms with E-state index in [9.17, 15) is 9.59 Å². The van der Waals surface area contributed by atoms with Crippen LogP contribution in [0.2, 0.25) is 0 Å². The Morgan fingerprint density at radius 1 is 1.50 bits per heavy atom. The Balaban J connectivity index is 2.11. The first-order chi connectivity index (χ1) is 8.56. The molecule has 1 amide bonds. The van der Waals surface area contributed by atoms with E-state index in [1.807, 2.05) is 0 Å². The Labute approximate surface area is 103 Å². The third-order valence-electron chi connectivity index (χ3n) is 2.44. The summed E-state index contributed by atoms with van der Waals surface area (Å²) in [6, 6.07) is 4.60. The largest absolute Gasteiger partial charge is 0.361 e. The van der Waals surface area contributed by atoms with Gasteiger partial charge in [0.1, 0.15) is 11.5 Å². The van der Waals surface area contributed by atoms with Crippen molar-refractivity contribution < 1.29 is 9.32 Å². The quantitative estimate of drug-likeness (QED) is 0.875. The molecule has 0 atom stereocenters. The van der Waals surface area contributed by atoms with Gasteiger partial charge in [-0.05, 0) is 13.0 Å². The highest BCUT2D eigenvalue weighted by atomic mass is 16.5. The highest BCUT2D eigenvalue weighted by Gasteiger charge is 2.13. The number of aromatic nitrogens is 2. The van der Waals surface area contributed by atoms with Crippen LogP contribution in [0.1, 0.15) is 21.8 Å². The number of nitrogens with zero attached hydrogens (tertiary/aromatic N) is 2. The van der Waals surface area contributed by atoms with Gasteiger partial charge in [0.15, 0.2) is 0 Å². The molecule has 6 heteroatoms. The zero-order valence-electron chi connectivity index (χ0n) is 10.1. The fourth-order valence-corrected chi connectivity index (χ4v) is 1.61. The summed E-state index contributed by atoms with van der Waals surface area (Å²) in [5, 5.41) is 3.81. The molecular weight excluding hydrogens is 234 g/mol. The summed E-state index contributed by atoms with van der Waals surface area (Å²) in [4.78, 5) is 27.1. The number of nitrogens with one attached hydrogen (secondary N) is 1. The Bertz CT molecular complexity index is 615. The number of aryl methyl sites for hydroxylation is 1. The van der Waals surface area contributed by atoms with Crippen molar-refractivity contribution in [3.05, 3.63) is 51.8 Å². The predicted molar refractivity (Wildman–Crippen MR) is 64.1 cm³/mol. The first-order valence-electron chi connectivity index (χ1n) is 5.42. The second kappa shape index (κ2) is 4.87. The van der Waals surface area contributed by atoms with Gasteiger partial charge in [0.25, 0.3) is 5.91 Å². The molecule has 2 aromatic rings. The Kier molecular flexibility index (Phi) is 3.27. The number of hydrogen-bond acceptors (Lipinski definition) is 4. The summed E-state index contributed by atoms with van der Waals surface area (Å²) in [5.74, 6) is 0.462. The van der Waals surface area contributed by atoms with E-state index in [1.54, 1.807) is 26.1 Å². The topological polar surface area (TPSA) is 79.2 Å². The minimum Gasteiger partial charge on any atom is -0.361 e. The summed E-state index contributed by atoms with van der Waals surface area (Å²) in [7, 11) is 1.65. The molecule has 0 unspecified atom stereocenters. The second-order valence-corrected chi connectivity index (χ2v) is 4.03. The molecule has 0 bridgehead atoms. The number of carbonyl (C=O) groups excluding carboxylic acids is 1. The standard InChI is InChI=1S/C12H13N3O3/c1-8-5-10(14-18-8)7-15(2)12(17)9-3-4-13-11(16)6-9/h3-6H,7H2,1-2H3,(H,13,16). The van der Waals surface area contributed by atoms with Crippen molar-refractivity contribution in [3.63, 3.8) is 0 Å². The summed E-state index contributed by atoms with van der Waals surface area (Å²) in [6.45, 7) is 2.12. The molecule has 0 spiro atoms. The zero-order valence-corrected chi connectivity index (χ0v) is 10.1. The molecule has 94 valence electrons. The molecule has 0 aromatic carbocycles. The van der Waals surface area contributed by atoms with Gasteiger partial charge in [-0.2, -0.15) is 0 Å². The fraction of sp³-hybridized carbons (Fsp3) is 0.250. The van der Waals surface area contributed by atoms with Crippen molar-refractivity contribution in [2.45, 2.75) is 13.5 Å². The van der Waals surface area contributed by atoms with Crippen molar-refractivity contribution >= 4 is 5.91 Å². The van der Waals surface area contributed by atoms with Crippen LogP contribution in [-0.2, 0) is 6.54 Å². The van der Waals surface area contributed by atoms with E-state index in [2.05, 4.69) is 10.1 Å². The van der Waals surface area contributed by atoms with Gasteiger partial charge in [-0.15, -0.1) is 0 Å². The van der Waals surface area contributed by atoms with Crippen molar-refractivity contribution in [2.75, 3.05) is 7.05 Å². The molecule has 6 nitrogen and oxygen atoms in total. The van der Waals surface area contributed by atoms with Crippen LogP contribution >= 0.6 is 0 Å². The maximum Gasteiger partial charge on any atom is 0.254 e. The molecule has 0 fully saturated rings. The number of hydrogen-bond donors (Lipinski definition) is 1. The fourth-order valence-electron chi connectivity index (χ4n) is 1.61. The number of carbonyl (C=O) groups is 1. The van der Waals surface area contributed by atoms with Crippen LogP contribution in [0, 0.1) is 6.92 Å². The van der Waals surface area contributed by atoms with E-state index in [0.717, 1.165) is 0 Å². The smallest absolute Gasteiger partial charge is 0.254 e. The zero-order chi connectivity index (χ0) is 13.1. The lowest BCUT2D eigenvalue weighted by atomic mass is 10.2. The van der Waals surface area contributed by atoms with E-state index in [4.69, 9.17) is 4.52 Å². The van der Waals surface area contributed by atoms with Crippen LogP contribution in [0.5, 0.6) is 0 Å². The van der Waals surface area contributed by atoms with Crippen molar-refractivity contribution in [3.8, 4) is 0 Å². The van der Waals surface area contributed by atoms with Crippen molar-refractivity contribution in [1.82, 2.24) is 15.0 Å². The maximum absolute atomic E-state index is 12.0. The van der Waals surface area contributed by atoms with E-state index >= 15 is 0 Å². The molecule has 0 radical (unpaired) electrons. The van der Waals surface area contributed by atoms with Crippen LogP contribution in [-0.4, -0.2) is 28.0 Å². The highest BCUT2D eigenvalue weighted by Crippen LogP contribution is 2.07. The highest BCUT2D eigenvalue weighted by molar-refractivity contribution is 5.93. The van der Waals surface area contributed by atoms with Crippen LogP contribution < -0.4 is 5.56 Å². The van der Waals surface area contributed by atoms with Gasteiger partial charge < -0.3 is 14.4 Å². The first-order valence-corrected chi connectivity index (χ1v) is 5.42. The Morgan fingerprint density at radius 3 is 2.89 bits per heavy atom. The SMILES string of the molecule is Cc1cc(CN(C)C(=O)c2cc[nH]c(=O)c2)no1. The van der Waals surface area contributed by atoms with Gasteiger partial charge in [-0.3, -0.25) is 9.59 Å². The lowest BCUT2D eigenvalue weighted by molar-refractivity contribution is 0.0782. The van der Waals surface area contributed by atoms with Gasteiger partial charge in [0, 0.05) is 30.9 Å². The summed E-state index contributed by atoms with van der Waals surface area (Å²) in [5.41, 5.74) is 0.723. The monoisotopic (exact) mass is 247 g/mol. The average molecular weight is 247 g/mol. The van der Waals surface area contributed by atoms with E-state index in [0.29, 0.717) is 23.6 Å². The van der Waals surface area contributed by atoms with E-state index < -0.39 is 0 Å². The number of pyridine rings is 1. The predicted octanol–water partition coefficient (Wildman–Crippen LogP) is 0.944. The lowest BCUT2D eigenvalue weighted by Gasteiger charge is -2.15. The van der Waals surface area contributed by atoms with Gasteiger partial charge >= 0.3 is 0 Å². The third kappa shape index (κ3) is 2.65. The number of aromatic amines is 1. The summed E-state index contributed by atoms with van der Waals surface area (Å²) < 4.78 is 4.93. The molecule has 0 saturated heterocycles. The normalized spacial score (nSPS) is 10.3. The summed E-state index contributed by atoms with van der Waals surface area (Å²) in [6.07, 6.45) is 1.45. The molecule has 0 aliphatic heterocycles.